The fourth-order valence-corrected chi connectivity index (χ4v) is 3.50. The van der Waals surface area contributed by atoms with Gasteiger partial charge in [0.1, 0.15) is 0 Å². The first kappa shape index (κ1) is 19.7. The van der Waals surface area contributed by atoms with E-state index in [2.05, 4.69) is 11.9 Å². The molecule has 1 nitrogen and oxygen atoms in total. The van der Waals surface area contributed by atoms with E-state index in [0.717, 1.165) is 6.54 Å². The summed E-state index contributed by atoms with van der Waals surface area (Å²) in [4.78, 5) is 4.56. The molecule has 0 aromatic heterocycles. The number of hydrogen-bond donors (Lipinski definition) is 0. The van der Waals surface area contributed by atoms with Gasteiger partial charge in [0.2, 0.25) is 0 Å². The summed E-state index contributed by atoms with van der Waals surface area (Å²) in [7, 11) is 0. The van der Waals surface area contributed by atoms with Gasteiger partial charge in [-0.1, -0.05) is 96.8 Å². The summed E-state index contributed by atoms with van der Waals surface area (Å²) in [5.74, 6) is 0. The highest BCUT2D eigenvalue weighted by Crippen LogP contribution is 2.15. The monoisotopic (exact) mass is 307 g/mol. The highest BCUT2D eigenvalue weighted by Gasteiger charge is 2.04. The fourth-order valence-electron chi connectivity index (χ4n) is 3.50. The predicted octanol–water partition coefficient (Wildman–Crippen LogP) is 7.48. The van der Waals surface area contributed by atoms with E-state index in [1.165, 1.54) is 121 Å². The largest absolute Gasteiger partial charge is 0.294 e. The van der Waals surface area contributed by atoms with E-state index in [1.807, 2.05) is 0 Å². The average molecular weight is 308 g/mol. The Labute approximate surface area is 140 Å². The summed E-state index contributed by atoms with van der Waals surface area (Å²) < 4.78 is 0. The molecule has 0 amide bonds. The molecular formula is C21H41N. The van der Waals surface area contributed by atoms with E-state index in [1.54, 1.807) is 0 Å². The Kier molecular flexibility index (Phi) is 13.9. The fraction of sp³-hybridized carbons (Fsp3) is 0.952. The summed E-state index contributed by atoms with van der Waals surface area (Å²) >= 11 is 0. The average Bonchev–Trinajstić information content (AvgIpc) is 3.04. The second-order valence-electron chi connectivity index (χ2n) is 7.25. The van der Waals surface area contributed by atoms with Crippen molar-refractivity contribution in [2.45, 2.75) is 122 Å². The van der Waals surface area contributed by atoms with Crippen LogP contribution in [0.15, 0.2) is 4.99 Å². The Morgan fingerprint density at radius 1 is 0.636 bits per heavy atom. The molecule has 1 heteroatoms. The van der Waals surface area contributed by atoms with Crippen molar-refractivity contribution in [3.05, 3.63) is 0 Å². The number of aliphatic imine (C=N–C) groups is 1. The molecule has 1 rings (SSSR count). The number of hydrogen-bond acceptors (Lipinski definition) is 1. The third kappa shape index (κ3) is 12.2. The first-order valence-electron chi connectivity index (χ1n) is 10.5. The lowest BCUT2D eigenvalue weighted by Gasteiger charge is -2.03. The van der Waals surface area contributed by atoms with Gasteiger partial charge in [-0.25, -0.2) is 0 Å². The van der Waals surface area contributed by atoms with Crippen molar-refractivity contribution < 1.29 is 0 Å². The van der Waals surface area contributed by atoms with Crippen molar-refractivity contribution in [2.75, 3.05) is 6.54 Å². The Hall–Kier alpha value is -0.330. The first-order valence-corrected chi connectivity index (χ1v) is 10.5. The molecule has 0 fully saturated rings. The van der Waals surface area contributed by atoms with Crippen molar-refractivity contribution in [1.82, 2.24) is 0 Å². The van der Waals surface area contributed by atoms with Crippen LogP contribution in [0.5, 0.6) is 0 Å². The lowest BCUT2D eigenvalue weighted by Crippen LogP contribution is -1.92. The Morgan fingerprint density at radius 3 is 1.50 bits per heavy atom. The molecule has 0 atom stereocenters. The van der Waals surface area contributed by atoms with E-state index in [0.29, 0.717) is 0 Å². The highest BCUT2D eigenvalue weighted by atomic mass is 14.8. The molecule has 0 aromatic rings. The Morgan fingerprint density at radius 2 is 1.09 bits per heavy atom. The maximum Gasteiger partial charge on any atom is 0.0392 e. The Bertz CT molecular complexity index is 257. The maximum atomic E-state index is 4.56. The van der Waals surface area contributed by atoms with Gasteiger partial charge in [-0.05, 0) is 25.7 Å². The molecule has 0 radical (unpaired) electrons. The Balaban J connectivity index is 1.66. The van der Waals surface area contributed by atoms with Crippen LogP contribution in [0.1, 0.15) is 122 Å². The highest BCUT2D eigenvalue weighted by molar-refractivity contribution is 5.85. The van der Waals surface area contributed by atoms with Gasteiger partial charge in [0, 0.05) is 12.3 Å². The standard InChI is InChI=1S/C21H41N/c1-2-3-4-5-6-7-8-9-10-11-12-13-14-15-16-18-21-19-17-20-22-21/h2-20H2,1H3. The molecule has 130 valence electrons. The quantitative estimate of drug-likeness (QED) is 0.262. The zero-order valence-electron chi connectivity index (χ0n) is 15.4. The van der Waals surface area contributed by atoms with Gasteiger partial charge >= 0.3 is 0 Å². The zero-order chi connectivity index (χ0) is 15.7. The van der Waals surface area contributed by atoms with Crippen LogP contribution >= 0.6 is 0 Å². The molecule has 0 aromatic carbocycles. The molecule has 0 saturated heterocycles. The van der Waals surface area contributed by atoms with Crippen LogP contribution in [-0.4, -0.2) is 12.3 Å². The van der Waals surface area contributed by atoms with Crippen molar-refractivity contribution in [2.24, 2.45) is 4.99 Å². The molecular weight excluding hydrogens is 266 g/mol. The number of nitrogens with zero attached hydrogens (tertiary/aromatic N) is 1. The third-order valence-electron chi connectivity index (χ3n) is 5.03. The van der Waals surface area contributed by atoms with Crippen molar-refractivity contribution in [3.8, 4) is 0 Å². The van der Waals surface area contributed by atoms with E-state index in [9.17, 15) is 0 Å². The summed E-state index contributed by atoms with van der Waals surface area (Å²) in [6.07, 6.45) is 25.7. The molecule has 0 aliphatic carbocycles. The number of unbranched alkanes of at least 4 members (excludes halogenated alkanes) is 14. The van der Waals surface area contributed by atoms with Gasteiger partial charge in [-0.3, -0.25) is 4.99 Å². The van der Waals surface area contributed by atoms with E-state index < -0.39 is 0 Å². The topological polar surface area (TPSA) is 12.4 Å². The molecule has 1 aliphatic rings. The normalized spacial score (nSPS) is 14.5. The van der Waals surface area contributed by atoms with Gasteiger partial charge in [0.05, 0.1) is 0 Å². The second-order valence-corrected chi connectivity index (χ2v) is 7.25. The summed E-state index contributed by atoms with van der Waals surface area (Å²) in [6.45, 7) is 3.40. The van der Waals surface area contributed by atoms with Gasteiger partial charge in [0.15, 0.2) is 0 Å². The minimum atomic E-state index is 1.11. The van der Waals surface area contributed by atoms with Crippen LogP contribution in [0.25, 0.3) is 0 Å². The SMILES string of the molecule is CCCCCCCCCCCCCCCCCC1=NCCC1. The van der Waals surface area contributed by atoms with Gasteiger partial charge < -0.3 is 0 Å². The zero-order valence-corrected chi connectivity index (χ0v) is 15.4. The third-order valence-corrected chi connectivity index (χ3v) is 5.03. The minimum absolute atomic E-state index is 1.11. The minimum Gasteiger partial charge on any atom is -0.294 e. The van der Waals surface area contributed by atoms with Crippen LogP contribution in [0.3, 0.4) is 0 Å². The van der Waals surface area contributed by atoms with Crippen LogP contribution in [0, 0.1) is 0 Å². The predicted molar refractivity (Wildman–Crippen MR) is 101 cm³/mol. The molecule has 1 heterocycles. The maximum absolute atomic E-state index is 4.56. The number of rotatable bonds is 16. The van der Waals surface area contributed by atoms with Gasteiger partial charge in [-0.15, -0.1) is 0 Å². The van der Waals surface area contributed by atoms with Crippen molar-refractivity contribution >= 4 is 5.71 Å². The molecule has 0 N–H and O–H groups in total. The summed E-state index contributed by atoms with van der Waals surface area (Å²) in [5, 5.41) is 0. The van der Waals surface area contributed by atoms with Crippen molar-refractivity contribution in [3.63, 3.8) is 0 Å². The molecule has 1 aliphatic heterocycles. The van der Waals surface area contributed by atoms with E-state index in [-0.39, 0.29) is 0 Å². The van der Waals surface area contributed by atoms with E-state index >= 15 is 0 Å². The molecule has 22 heavy (non-hydrogen) atoms. The molecule has 0 bridgehead atoms. The smallest absolute Gasteiger partial charge is 0.0392 e. The lowest BCUT2D eigenvalue weighted by atomic mass is 10.0. The lowest BCUT2D eigenvalue weighted by molar-refractivity contribution is 0.533. The molecule has 0 unspecified atom stereocenters. The summed E-state index contributed by atoms with van der Waals surface area (Å²) in [5.41, 5.74) is 1.51. The van der Waals surface area contributed by atoms with Gasteiger partial charge in [-0.2, -0.15) is 0 Å². The van der Waals surface area contributed by atoms with Crippen molar-refractivity contribution in [1.29, 1.82) is 0 Å². The second kappa shape index (κ2) is 15.6. The molecule has 0 spiro atoms. The van der Waals surface area contributed by atoms with Crippen LogP contribution in [0.4, 0.5) is 0 Å². The van der Waals surface area contributed by atoms with Gasteiger partial charge in [0.25, 0.3) is 0 Å². The molecule has 0 saturated carbocycles. The van der Waals surface area contributed by atoms with Crippen LogP contribution in [-0.2, 0) is 0 Å². The van der Waals surface area contributed by atoms with Crippen LogP contribution in [0.2, 0.25) is 0 Å². The summed E-state index contributed by atoms with van der Waals surface area (Å²) in [6, 6.07) is 0. The van der Waals surface area contributed by atoms with Crippen LogP contribution < -0.4 is 0 Å². The first-order chi connectivity index (χ1) is 10.9. The van der Waals surface area contributed by atoms with E-state index in [4.69, 9.17) is 0 Å².